The zero-order valence-electron chi connectivity index (χ0n) is 11.4. The van der Waals surface area contributed by atoms with Crippen LogP contribution in [0.4, 0.5) is 13.9 Å². The van der Waals surface area contributed by atoms with Crippen LogP contribution in [-0.4, -0.2) is 17.1 Å². The number of halogens is 2. The van der Waals surface area contributed by atoms with Gasteiger partial charge in [-0.15, -0.1) is 11.8 Å². The molecule has 0 atom stereocenters. The van der Waals surface area contributed by atoms with Crippen molar-refractivity contribution in [3.05, 3.63) is 53.6 Å². The van der Waals surface area contributed by atoms with Crippen LogP contribution in [0.5, 0.6) is 0 Å². The maximum atomic E-state index is 13.6. The van der Waals surface area contributed by atoms with Gasteiger partial charge in [0.05, 0.1) is 15.8 Å². The molecule has 112 valence electrons. The van der Waals surface area contributed by atoms with E-state index in [1.165, 1.54) is 11.3 Å². The van der Waals surface area contributed by atoms with E-state index in [0.717, 1.165) is 27.2 Å². The fraction of sp³-hybridized carbons (Fsp3) is 0.0667. The molecule has 0 spiro atoms. The van der Waals surface area contributed by atoms with Crippen LogP contribution >= 0.6 is 23.1 Å². The van der Waals surface area contributed by atoms with Crippen molar-refractivity contribution < 1.29 is 13.6 Å². The van der Waals surface area contributed by atoms with Gasteiger partial charge in [0.1, 0.15) is 11.6 Å². The maximum Gasteiger partial charge on any atom is 0.260 e. The van der Waals surface area contributed by atoms with Crippen LogP contribution in [0.15, 0.2) is 41.3 Å². The van der Waals surface area contributed by atoms with E-state index in [1.807, 2.05) is 24.5 Å². The van der Waals surface area contributed by atoms with Gasteiger partial charge in [-0.2, -0.15) is 0 Å². The number of nitrogens with one attached hydrogen (secondary N) is 1. The molecule has 0 aliphatic rings. The normalized spacial score (nSPS) is 10.9. The average Bonchev–Trinajstić information content (AvgIpc) is 2.87. The maximum absolute atomic E-state index is 13.6. The highest BCUT2D eigenvalue weighted by atomic mass is 32.2. The molecule has 0 radical (unpaired) electrons. The van der Waals surface area contributed by atoms with Crippen molar-refractivity contribution in [1.82, 2.24) is 4.98 Å². The third kappa shape index (κ3) is 2.95. The molecule has 0 unspecified atom stereocenters. The summed E-state index contributed by atoms with van der Waals surface area (Å²) >= 11 is 2.92. The number of rotatable bonds is 3. The number of hydrogen-bond donors (Lipinski definition) is 1. The third-order valence-corrected chi connectivity index (χ3v) is 4.65. The van der Waals surface area contributed by atoms with Crippen LogP contribution in [0.1, 0.15) is 10.4 Å². The summed E-state index contributed by atoms with van der Waals surface area (Å²) in [5, 5.41) is 2.92. The highest BCUT2D eigenvalue weighted by Gasteiger charge is 2.14. The van der Waals surface area contributed by atoms with Crippen LogP contribution in [0.2, 0.25) is 0 Å². The van der Waals surface area contributed by atoms with Crippen molar-refractivity contribution in [2.24, 2.45) is 0 Å². The van der Waals surface area contributed by atoms with E-state index >= 15 is 0 Å². The highest BCUT2D eigenvalue weighted by Crippen LogP contribution is 2.29. The molecule has 0 saturated heterocycles. The first-order valence-electron chi connectivity index (χ1n) is 6.28. The first-order chi connectivity index (χ1) is 10.6. The lowest BCUT2D eigenvalue weighted by atomic mass is 10.2. The molecule has 3 nitrogen and oxygen atoms in total. The molecule has 1 aromatic heterocycles. The van der Waals surface area contributed by atoms with Crippen molar-refractivity contribution in [3.63, 3.8) is 0 Å². The number of benzene rings is 2. The number of fused-ring (bicyclic) bond motifs is 1. The van der Waals surface area contributed by atoms with E-state index in [9.17, 15) is 13.6 Å². The number of amides is 1. The van der Waals surface area contributed by atoms with Gasteiger partial charge in [0.2, 0.25) is 0 Å². The number of thioether (sulfide) groups is 1. The number of thiazole rings is 1. The Labute approximate surface area is 133 Å². The lowest BCUT2D eigenvalue weighted by molar-refractivity contribution is 0.102. The summed E-state index contributed by atoms with van der Waals surface area (Å²) in [5.41, 5.74) is 0.545. The van der Waals surface area contributed by atoms with Gasteiger partial charge in [0.25, 0.3) is 5.91 Å². The predicted molar refractivity (Wildman–Crippen MR) is 85.7 cm³/mol. The molecule has 2 aromatic carbocycles. The minimum Gasteiger partial charge on any atom is -0.298 e. The van der Waals surface area contributed by atoms with E-state index in [-0.39, 0.29) is 5.56 Å². The summed E-state index contributed by atoms with van der Waals surface area (Å²) in [6.45, 7) is 0. The van der Waals surface area contributed by atoms with Crippen molar-refractivity contribution in [2.45, 2.75) is 4.90 Å². The van der Waals surface area contributed by atoms with Crippen LogP contribution in [0.25, 0.3) is 10.2 Å². The second-order valence-electron chi connectivity index (χ2n) is 4.43. The lowest BCUT2D eigenvalue weighted by Crippen LogP contribution is -2.13. The fourth-order valence-electron chi connectivity index (χ4n) is 1.92. The van der Waals surface area contributed by atoms with Gasteiger partial charge in [-0.1, -0.05) is 11.3 Å². The van der Waals surface area contributed by atoms with Crippen molar-refractivity contribution in [2.75, 3.05) is 11.6 Å². The Kier molecular flexibility index (Phi) is 4.08. The largest absolute Gasteiger partial charge is 0.298 e. The number of hydrogen-bond acceptors (Lipinski definition) is 4. The molecule has 22 heavy (non-hydrogen) atoms. The van der Waals surface area contributed by atoms with Crippen molar-refractivity contribution in [3.8, 4) is 0 Å². The number of carbonyl (C=O) groups is 1. The minimum absolute atomic E-state index is 0.217. The first-order valence-corrected chi connectivity index (χ1v) is 8.32. The van der Waals surface area contributed by atoms with Crippen molar-refractivity contribution in [1.29, 1.82) is 0 Å². The molecule has 7 heteroatoms. The quantitative estimate of drug-likeness (QED) is 0.714. The molecule has 1 amide bonds. The van der Waals surface area contributed by atoms with E-state index in [1.54, 1.807) is 11.8 Å². The topological polar surface area (TPSA) is 42.0 Å². The SMILES string of the molecule is CSc1ccc2nc(NC(=O)c3ccc(F)cc3F)sc2c1. The van der Waals surface area contributed by atoms with E-state index in [2.05, 4.69) is 10.3 Å². The number of aromatic nitrogens is 1. The molecule has 0 aliphatic heterocycles. The van der Waals surface area contributed by atoms with E-state index in [4.69, 9.17) is 0 Å². The molecule has 1 N–H and O–H groups in total. The zero-order valence-corrected chi connectivity index (χ0v) is 13.0. The third-order valence-electron chi connectivity index (χ3n) is 2.99. The van der Waals surface area contributed by atoms with Gasteiger partial charge in [0.15, 0.2) is 5.13 Å². The molecule has 3 rings (SSSR count). The Morgan fingerprint density at radius 1 is 1.23 bits per heavy atom. The van der Waals surface area contributed by atoms with Gasteiger partial charge in [-0.25, -0.2) is 13.8 Å². The summed E-state index contributed by atoms with van der Waals surface area (Å²) in [7, 11) is 0. The highest BCUT2D eigenvalue weighted by molar-refractivity contribution is 7.98. The summed E-state index contributed by atoms with van der Waals surface area (Å²) < 4.78 is 27.4. The number of anilines is 1. The molecule has 0 bridgehead atoms. The van der Waals surface area contributed by atoms with Gasteiger partial charge < -0.3 is 0 Å². The Balaban J connectivity index is 1.87. The van der Waals surface area contributed by atoms with Crippen LogP contribution in [0.3, 0.4) is 0 Å². The first kappa shape index (κ1) is 14.9. The lowest BCUT2D eigenvalue weighted by Gasteiger charge is -2.02. The van der Waals surface area contributed by atoms with Gasteiger partial charge in [-0.05, 0) is 36.6 Å². The second-order valence-corrected chi connectivity index (χ2v) is 6.34. The summed E-state index contributed by atoms with van der Waals surface area (Å²) in [5.74, 6) is -2.27. The fourth-order valence-corrected chi connectivity index (χ4v) is 3.34. The molecular weight excluding hydrogens is 326 g/mol. The van der Waals surface area contributed by atoms with Crippen LogP contribution < -0.4 is 5.32 Å². The standard InChI is InChI=1S/C15H10F2N2OS2/c1-21-9-3-5-12-13(7-9)22-15(18-12)19-14(20)10-4-2-8(16)6-11(10)17/h2-7H,1H3,(H,18,19,20). The molecule has 0 saturated carbocycles. The van der Waals surface area contributed by atoms with Gasteiger partial charge >= 0.3 is 0 Å². The average molecular weight is 336 g/mol. The summed E-state index contributed by atoms with van der Waals surface area (Å²) in [6, 6.07) is 8.62. The monoisotopic (exact) mass is 336 g/mol. The Morgan fingerprint density at radius 3 is 2.77 bits per heavy atom. The summed E-state index contributed by atoms with van der Waals surface area (Å²) in [4.78, 5) is 17.4. The summed E-state index contributed by atoms with van der Waals surface area (Å²) in [6.07, 6.45) is 1.97. The Hall–Kier alpha value is -1.99. The van der Waals surface area contributed by atoms with Gasteiger partial charge in [0, 0.05) is 11.0 Å². The molecule has 0 fully saturated rings. The Bertz CT molecular complexity index is 864. The number of nitrogens with zero attached hydrogens (tertiary/aromatic N) is 1. The predicted octanol–water partition coefficient (Wildman–Crippen LogP) is 4.55. The van der Waals surface area contributed by atoms with Gasteiger partial charge in [-0.3, -0.25) is 10.1 Å². The van der Waals surface area contributed by atoms with E-state index in [0.29, 0.717) is 11.2 Å². The minimum atomic E-state index is -0.900. The van der Waals surface area contributed by atoms with E-state index < -0.39 is 17.5 Å². The van der Waals surface area contributed by atoms with Crippen LogP contribution in [0, 0.1) is 11.6 Å². The molecule has 3 aromatic rings. The Morgan fingerprint density at radius 2 is 2.05 bits per heavy atom. The zero-order chi connectivity index (χ0) is 15.7. The van der Waals surface area contributed by atoms with Crippen molar-refractivity contribution >= 4 is 44.4 Å². The molecular formula is C15H10F2N2OS2. The number of carbonyl (C=O) groups excluding carboxylic acids is 1. The van der Waals surface area contributed by atoms with Crippen LogP contribution in [-0.2, 0) is 0 Å². The molecule has 0 aliphatic carbocycles. The molecule has 1 heterocycles. The second kappa shape index (κ2) is 6.02. The smallest absolute Gasteiger partial charge is 0.260 e.